The maximum atomic E-state index is 12.8. The van der Waals surface area contributed by atoms with E-state index in [1.807, 2.05) is 0 Å². The Morgan fingerprint density at radius 3 is 2.10 bits per heavy atom. The number of benzene rings is 2. The first-order valence-electron chi connectivity index (χ1n) is 8.52. The van der Waals surface area contributed by atoms with Crippen LogP contribution in [0.25, 0.3) is 11.8 Å². The third-order valence-corrected chi connectivity index (χ3v) is 4.92. The molecule has 4 rings (SSSR count). The van der Waals surface area contributed by atoms with Crippen LogP contribution in [0.2, 0.25) is 10.0 Å². The molecule has 1 amide bonds. The Hall–Kier alpha value is -3.29. The number of anilines is 1. The highest BCUT2D eigenvalue weighted by atomic mass is 35.5. The number of hydrogen-bond acceptors (Lipinski definition) is 4. The van der Waals surface area contributed by atoms with E-state index in [1.54, 1.807) is 55.5 Å². The summed E-state index contributed by atoms with van der Waals surface area (Å²) in [6, 6.07) is 13.2. The number of aromatic hydroxyl groups is 1. The highest BCUT2D eigenvalue weighted by molar-refractivity contribution is 6.33. The second kappa shape index (κ2) is 7.27. The normalized spacial score (nSPS) is 15.3. The number of carbonyl (C=O) groups is 1. The fourth-order valence-electron chi connectivity index (χ4n) is 2.93. The number of halogens is 2. The SMILES string of the molecule is CC1=NN(c2ccc(Cl)cc2)C(=O)C1=Cc1c(O)n(-c2ccc(Cl)cc2)[nH]c1=O. The van der Waals surface area contributed by atoms with E-state index in [0.717, 1.165) is 0 Å². The number of aromatic nitrogens is 2. The van der Waals surface area contributed by atoms with Crippen molar-refractivity contribution in [2.45, 2.75) is 6.92 Å². The van der Waals surface area contributed by atoms with Gasteiger partial charge in [-0.25, -0.2) is 4.68 Å². The van der Waals surface area contributed by atoms with E-state index in [2.05, 4.69) is 10.2 Å². The Morgan fingerprint density at radius 2 is 1.52 bits per heavy atom. The molecule has 0 aliphatic carbocycles. The van der Waals surface area contributed by atoms with Gasteiger partial charge in [-0.05, 0) is 61.5 Å². The van der Waals surface area contributed by atoms with Crippen molar-refractivity contribution < 1.29 is 9.90 Å². The van der Waals surface area contributed by atoms with Crippen LogP contribution in [0, 0.1) is 0 Å². The molecule has 0 atom stereocenters. The molecule has 0 radical (unpaired) electrons. The van der Waals surface area contributed by atoms with Crippen LogP contribution in [0.4, 0.5) is 5.69 Å². The molecule has 2 heterocycles. The summed E-state index contributed by atoms with van der Waals surface area (Å²) in [6.07, 6.45) is 1.33. The first-order chi connectivity index (χ1) is 13.8. The van der Waals surface area contributed by atoms with Crippen LogP contribution in [0.3, 0.4) is 0 Å². The van der Waals surface area contributed by atoms with Gasteiger partial charge in [-0.1, -0.05) is 23.2 Å². The summed E-state index contributed by atoms with van der Waals surface area (Å²) in [6.45, 7) is 1.65. The Morgan fingerprint density at radius 1 is 0.966 bits per heavy atom. The van der Waals surface area contributed by atoms with Crippen molar-refractivity contribution in [1.29, 1.82) is 0 Å². The molecule has 1 aliphatic heterocycles. The number of hydrazone groups is 1. The summed E-state index contributed by atoms with van der Waals surface area (Å²) in [7, 11) is 0. The van der Waals surface area contributed by atoms with Gasteiger partial charge in [0.1, 0.15) is 5.56 Å². The first-order valence-corrected chi connectivity index (χ1v) is 9.28. The largest absolute Gasteiger partial charge is 0.493 e. The minimum Gasteiger partial charge on any atom is -0.493 e. The van der Waals surface area contributed by atoms with E-state index in [4.69, 9.17) is 23.2 Å². The van der Waals surface area contributed by atoms with Crippen molar-refractivity contribution in [3.8, 4) is 11.6 Å². The smallest absolute Gasteiger partial charge is 0.280 e. The van der Waals surface area contributed by atoms with E-state index in [1.165, 1.54) is 15.8 Å². The zero-order chi connectivity index (χ0) is 20.7. The number of nitrogens with one attached hydrogen (secondary N) is 1. The summed E-state index contributed by atoms with van der Waals surface area (Å²) in [5, 5.41) is 19.6. The fraction of sp³-hybridized carbons (Fsp3) is 0.0500. The molecule has 2 aromatic carbocycles. The maximum Gasteiger partial charge on any atom is 0.280 e. The molecule has 0 fully saturated rings. The average molecular weight is 429 g/mol. The van der Waals surface area contributed by atoms with E-state index >= 15 is 0 Å². The van der Waals surface area contributed by atoms with Crippen LogP contribution in [-0.2, 0) is 4.79 Å². The maximum absolute atomic E-state index is 12.8. The molecule has 1 aromatic heterocycles. The molecule has 9 heteroatoms. The topological polar surface area (TPSA) is 90.7 Å². The summed E-state index contributed by atoms with van der Waals surface area (Å²) in [4.78, 5) is 25.2. The van der Waals surface area contributed by atoms with Crippen LogP contribution in [0.1, 0.15) is 12.5 Å². The molecule has 0 saturated heterocycles. The second-order valence-electron chi connectivity index (χ2n) is 6.33. The van der Waals surface area contributed by atoms with Gasteiger partial charge in [0.25, 0.3) is 11.5 Å². The van der Waals surface area contributed by atoms with Gasteiger partial charge in [0, 0.05) is 10.0 Å². The summed E-state index contributed by atoms with van der Waals surface area (Å²) < 4.78 is 1.22. The molecule has 0 spiro atoms. The van der Waals surface area contributed by atoms with E-state index in [0.29, 0.717) is 27.1 Å². The van der Waals surface area contributed by atoms with Gasteiger partial charge in [0.15, 0.2) is 0 Å². The van der Waals surface area contributed by atoms with Gasteiger partial charge in [-0.3, -0.25) is 14.7 Å². The van der Waals surface area contributed by atoms with Crippen molar-refractivity contribution in [3.05, 3.63) is 80.1 Å². The Kier molecular flexibility index (Phi) is 4.77. The van der Waals surface area contributed by atoms with Crippen molar-refractivity contribution in [2.75, 3.05) is 5.01 Å². The highest BCUT2D eigenvalue weighted by Gasteiger charge is 2.30. The summed E-state index contributed by atoms with van der Waals surface area (Å²) >= 11 is 11.8. The monoisotopic (exact) mass is 428 g/mol. The van der Waals surface area contributed by atoms with Gasteiger partial charge in [-0.15, -0.1) is 0 Å². The van der Waals surface area contributed by atoms with Crippen molar-refractivity contribution in [1.82, 2.24) is 9.78 Å². The van der Waals surface area contributed by atoms with Crippen LogP contribution < -0.4 is 10.6 Å². The lowest BCUT2D eigenvalue weighted by molar-refractivity contribution is -0.114. The molecule has 0 saturated carbocycles. The van der Waals surface area contributed by atoms with Crippen LogP contribution >= 0.6 is 23.2 Å². The number of H-pyrrole nitrogens is 1. The number of hydrogen-bond donors (Lipinski definition) is 2. The van der Waals surface area contributed by atoms with Gasteiger partial charge in [0.05, 0.1) is 22.7 Å². The summed E-state index contributed by atoms with van der Waals surface area (Å²) in [5.41, 5.74) is 1.09. The Balaban J connectivity index is 1.72. The molecule has 146 valence electrons. The number of carbonyl (C=O) groups excluding carboxylic acids is 1. The number of aromatic amines is 1. The highest BCUT2D eigenvalue weighted by Crippen LogP contribution is 2.28. The molecule has 2 N–H and O–H groups in total. The van der Waals surface area contributed by atoms with Gasteiger partial charge in [-0.2, -0.15) is 10.1 Å². The lowest BCUT2D eigenvalue weighted by Gasteiger charge is -2.11. The zero-order valence-corrected chi connectivity index (χ0v) is 16.6. The van der Waals surface area contributed by atoms with Crippen molar-refractivity contribution in [3.63, 3.8) is 0 Å². The zero-order valence-electron chi connectivity index (χ0n) is 15.1. The Bertz CT molecular complexity index is 1220. The van der Waals surface area contributed by atoms with Crippen molar-refractivity contribution >= 4 is 46.6 Å². The molecular formula is C20H14Cl2N4O3. The van der Waals surface area contributed by atoms with E-state index < -0.39 is 11.5 Å². The van der Waals surface area contributed by atoms with Gasteiger partial charge < -0.3 is 5.11 Å². The quantitative estimate of drug-likeness (QED) is 0.617. The number of amides is 1. The predicted octanol–water partition coefficient (Wildman–Crippen LogP) is 3.98. The molecule has 29 heavy (non-hydrogen) atoms. The lowest BCUT2D eigenvalue weighted by Crippen LogP contribution is -2.21. The third-order valence-electron chi connectivity index (χ3n) is 4.42. The first kappa shape index (κ1) is 19.0. The molecule has 0 bridgehead atoms. The standard InChI is InChI=1S/C20H14Cl2N4O3/c1-11-16(19(28)25(23-11)14-6-2-12(21)3-7-14)10-17-18(27)24-26(20(17)29)15-8-4-13(22)5-9-15/h2-10,29H,1H3,(H,24,27). The summed E-state index contributed by atoms with van der Waals surface area (Å²) in [5.74, 6) is -0.738. The lowest BCUT2D eigenvalue weighted by atomic mass is 10.1. The molecule has 7 nitrogen and oxygen atoms in total. The van der Waals surface area contributed by atoms with Crippen LogP contribution in [0.15, 0.2) is 64.0 Å². The minimum absolute atomic E-state index is 0.0455. The molecule has 0 unspecified atom stereocenters. The fourth-order valence-corrected chi connectivity index (χ4v) is 3.18. The predicted molar refractivity (Wildman–Crippen MR) is 113 cm³/mol. The van der Waals surface area contributed by atoms with E-state index in [9.17, 15) is 14.7 Å². The number of nitrogens with zero attached hydrogens (tertiary/aromatic N) is 3. The van der Waals surface area contributed by atoms with Gasteiger partial charge >= 0.3 is 0 Å². The van der Waals surface area contributed by atoms with Crippen LogP contribution in [0.5, 0.6) is 5.88 Å². The molecule has 1 aliphatic rings. The average Bonchev–Trinajstić information content (AvgIpc) is 3.14. The second-order valence-corrected chi connectivity index (χ2v) is 7.20. The molecular weight excluding hydrogens is 415 g/mol. The third kappa shape index (κ3) is 3.46. The van der Waals surface area contributed by atoms with Crippen LogP contribution in [-0.4, -0.2) is 26.5 Å². The number of rotatable bonds is 3. The Labute approximate surface area is 175 Å². The van der Waals surface area contributed by atoms with Crippen molar-refractivity contribution in [2.24, 2.45) is 5.10 Å². The van der Waals surface area contributed by atoms with Gasteiger partial charge in [0.2, 0.25) is 5.88 Å². The molecule has 3 aromatic rings. The van der Waals surface area contributed by atoms with E-state index in [-0.39, 0.29) is 17.0 Å². The minimum atomic E-state index is -0.546.